The molecule has 0 aliphatic carbocycles. The van der Waals surface area contributed by atoms with Crippen molar-refractivity contribution >= 4 is 0 Å². The lowest BCUT2D eigenvalue weighted by atomic mass is 10.0. The van der Waals surface area contributed by atoms with Crippen LogP contribution in [0.4, 0.5) is 0 Å². The first kappa shape index (κ1) is 13.7. The van der Waals surface area contributed by atoms with Gasteiger partial charge in [-0.1, -0.05) is 39.3 Å². The molecule has 0 aromatic rings. The molecule has 0 spiro atoms. The minimum absolute atomic E-state index is 0.0220. The minimum atomic E-state index is 0.0220. The van der Waals surface area contributed by atoms with E-state index in [0.29, 0.717) is 12.0 Å². The molecule has 0 aromatic heterocycles. The Bertz CT molecular complexity index is 201. The molecule has 1 saturated heterocycles. The van der Waals surface area contributed by atoms with Crippen molar-refractivity contribution in [1.29, 1.82) is 0 Å². The smallest absolute Gasteiger partial charge is 0.160 e. The maximum Gasteiger partial charge on any atom is 0.160 e. The summed E-state index contributed by atoms with van der Waals surface area (Å²) in [5, 5.41) is 0. The molecule has 16 heavy (non-hydrogen) atoms. The summed E-state index contributed by atoms with van der Waals surface area (Å²) in [6.07, 6.45) is 10.4. The molecule has 0 aromatic carbocycles. The molecule has 2 nitrogen and oxygen atoms in total. The van der Waals surface area contributed by atoms with Crippen molar-refractivity contribution < 1.29 is 9.47 Å². The van der Waals surface area contributed by atoms with E-state index in [4.69, 9.17) is 9.47 Å². The van der Waals surface area contributed by atoms with Gasteiger partial charge in [-0.2, -0.15) is 0 Å². The SMILES string of the molecule is CC/C=C/C[C@@H]1CCO[C@@H](C(C)CCC)O1. The van der Waals surface area contributed by atoms with E-state index in [1.165, 1.54) is 12.8 Å². The highest BCUT2D eigenvalue weighted by atomic mass is 16.7. The van der Waals surface area contributed by atoms with Gasteiger partial charge in [-0.15, -0.1) is 0 Å². The molecule has 0 radical (unpaired) electrons. The second-order valence-corrected chi connectivity index (χ2v) is 4.67. The van der Waals surface area contributed by atoms with Gasteiger partial charge in [0, 0.05) is 5.92 Å². The van der Waals surface area contributed by atoms with Crippen LogP contribution in [-0.2, 0) is 9.47 Å². The highest BCUT2D eigenvalue weighted by Gasteiger charge is 2.26. The van der Waals surface area contributed by atoms with Gasteiger partial charge in [0.15, 0.2) is 6.29 Å². The number of rotatable bonds is 6. The lowest BCUT2D eigenvalue weighted by molar-refractivity contribution is -0.232. The molecular formula is C14H26O2. The zero-order valence-corrected chi connectivity index (χ0v) is 10.9. The van der Waals surface area contributed by atoms with Crippen LogP contribution in [0.2, 0.25) is 0 Å². The van der Waals surface area contributed by atoms with Gasteiger partial charge in [0.2, 0.25) is 0 Å². The van der Waals surface area contributed by atoms with Gasteiger partial charge in [-0.05, 0) is 25.7 Å². The normalized spacial score (nSPS) is 28.4. The summed E-state index contributed by atoms with van der Waals surface area (Å²) >= 11 is 0. The number of allylic oxidation sites excluding steroid dienone is 1. The summed E-state index contributed by atoms with van der Waals surface area (Å²) in [4.78, 5) is 0. The zero-order valence-electron chi connectivity index (χ0n) is 10.9. The van der Waals surface area contributed by atoms with Crippen molar-refractivity contribution in [3.63, 3.8) is 0 Å². The second kappa shape index (κ2) is 7.86. The maximum absolute atomic E-state index is 5.97. The van der Waals surface area contributed by atoms with E-state index in [1.54, 1.807) is 0 Å². The largest absolute Gasteiger partial charge is 0.352 e. The molecule has 1 heterocycles. The lowest BCUT2D eigenvalue weighted by Gasteiger charge is -2.33. The Morgan fingerprint density at radius 2 is 2.12 bits per heavy atom. The van der Waals surface area contributed by atoms with Crippen molar-refractivity contribution in [2.24, 2.45) is 5.92 Å². The third kappa shape index (κ3) is 4.67. The average molecular weight is 226 g/mol. The highest BCUT2D eigenvalue weighted by Crippen LogP contribution is 2.23. The van der Waals surface area contributed by atoms with E-state index >= 15 is 0 Å². The van der Waals surface area contributed by atoms with Crippen LogP contribution in [0.25, 0.3) is 0 Å². The Labute approximate surface area is 100 Å². The molecule has 0 saturated carbocycles. The summed E-state index contributed by atoms with van der Waals surface area (Å²) in [6, 6.07) is 0. The first-order valence-electron chi connectivity index (χ1n) is 6.70. The van der Waals surface area contributed by atoms with Crippen LogP contribution in [-0.4, -0.2) is 19.0 Å². The van der Waals surface area contributed by atoms with Gasteiger partial charge in [0.25, 0.3) is 0 Å². The van der Waals surface area contributed by atoms with Gasteiger partial charge in [0.05, 0.1) is 12.7 Å². The molecule has 1 rings (SSSR count). The summed E-state index contributed by atoms with van der Waals surface area (Å²) < 4.78 is 11.7. The van der Waals surface area contributed by atoms with Crippen LogP contribution in [0.15, 0.2) is 12.2 Å². The van der Waals surface area contributed by atoms with E-state index in [-0.39, 0.29) is 6.29 Å². The fourth-order valence-corrected chi connectivity index (χ4v) is 2.09. The van der Waals surface area contributed by atoms with Crippen molar-refractivity contribution in [3.8, 4) is 0 Å². The fraction of sp³-hybridized carbons (Fsp3) is 0.857. The van der Waals surface area contributed by atoms with E-state index in [9.17, 15) is 0 Å². The maximum atomic E-state index is 5.97. The Morgan fingerprint density at radius 1 is 1.31 bits per heavy atom. The van der Waals surface area contributed by atoms with E-state index in [2.05, 4.69) is 32.9 Å². The summed E-state index contributed by atoms with van der Waals surface area (Å²) in [7, 11) is 0. The van der Waals surface area contributed by atoms with Crippen LogP contribution in [0.3, 0.4) is 0 Å². The molecule has 2 heteroatoms. The summed E-state index contributed by atoms with van der Waals surface area (Å²) in [6.45, 7) is 7.44. The third-order valence-corrected chi connectivity index (χ3v) is 3.06. The minimum Gasteiger partial charge on any atom is -0.352 e. The molecule has 94 valence electrons. The summed E-state index contributed by atoms with van der Waals surface area (Å²) in [5.74, 6) is 0.517. The first-order valence-corrected chi connectivity index (χ1v) is 6.70. The fourth-order valence-electron chi connectivity index (χ4n) is 2.09. The van der Waals surface area contributed by atoms with Crippen molar-refractivity contribution in [2.75, 3.05) is 6.61 Å². The van der Waals surface area contributed by atoms with Gasteiger partial charge in [0.1, 0.15) is 0 Å². The number of hydrogen-bond acceptors (Lipinski definition) is 2. The van der Waals surface area contributed by atoms with Gasteiger partial charge in [-0.25, -0.2) is 0 Å². The monoisotopic (exact) mass is 226 g/mol. The second-order valence-electron chi connectivity index (χ2n) is 4.67. The molecule has 1 aliphatic rings. The van der Waals surface area contributed by atoms with Crippen LogP contribution < -0.4 is 0 Å². The van der Waals surface area contributed by atoms with Crippen molar-refractivity contribution in [1.82, 2.24) is 0 Å². The lowest BCUT2D eigenvalue weighted by Crippen LogP contribution is -2.36. The Hall–Kier alpha value is -0.340. The first-order chi connectivity index (χ1) is 7.77. The quantitative estimate of drug-likeness (QED) is 0.639. The average Bonchev–Trinajstić information content (AvgIpc) is 2.30. The predicted molar refractivity (Wildman–Crippen MR) is 67.4 cm³/mol. The Kier molecular flexibility index (Phi) is 6.74. The molecule has 3 atom stereocenters. The van der Waals surface area contributed by atoms with E-state index in [0.717, 1.165) is 25.9 Å². The molecule has 1 fully saturated rings. The van der Waals surface area contributed by atoms with E-state index < -0.39 is 0 Å². The Balaban J connectivity index is 2.31. The number of hydrogen-bond donors (Lipinski definition) is 0. The third-order valence-electron chi connectivity index (χ3n) is 3.06. The Morgan fingerprint density at radius 3 is 2.81 bits per heavy atom. The molecule has 0 amide bonds. The standard InChI is InChI=1S/C14H26O2/c1-4-6-7-9-13-10-11-15-14(16-13)12(3)8-5-2/h6-7,12-14H,4-5,8-11H2,1-3H3/b7-6+/t12?,13-,14-/m1/s1. The van der Waals surface area contributed by atoms with Crippen molar-refractivity contribution in [3.05, 3.63) is 12.2 Å². The zero-order chi connectivity index (χ0) is 11.8. The van der Waals surface area contributed by atoms with E-state index in [1.807, 2.05) is 0 Å². The van der Waals surface area contributed by atoms with Crippen LogP contribution in [0.1, 0.15) is 52.9 Å². The van der Waals surface area contributed by atoms with Gasteiger partial charge >= 0.3 is 0 Å². The number of ether oxygens (including phenoxy) is 2. The van der Waals surface area contributed by atoms with Crippen LogP contribution in [0.5, 0.6) is 0 Å². The van der Waals surface area contributed by atoms with Crippen molar-refractivity contribution in [2.45, 2.75) is 65.3 Å². The highest BCUT2D eigenvalue weighted by molar-refractivity contribution is 4.84. The van der Waals surface area contributed by atoms with Crippen LogP contribution in [0, 0.1) is 5.92 Å². The van der Waals surface area contributed by atoms with Gasteiger partial charge in [-0.3, -0.25) is 0 Å². The van der Waals surface area contributed by atoms with Gasteiger partial charge < -0.3 is 9.47 Å². The molecular weight excluding hydrogens is 200 g/mol. The molecule has 1 unspecified atom stereocenters. The van der Waals surface area contributed by atoms with Crippen LogP contribution >= 0.6 is 0 Å². The molecule has 1 aliphatic heterocycles. The summed E-state index contributed by atoms with van der Waals surface area (Å²) in [5.41, 5.74) is 0. The topological polar surface area (TPSA) is 18.5 Å². The predicted octanol–water partition coefficient (Wildman–Crippen LogP) is 3.91. The molecule has 0 N–H and O–H groups in total. The molecule has 0 bridgehead atoms.